The molecule has 0 saturated heterocycles. The molecule has 0 aromatic heterocycles. The molecule has 0 spiro atoms. The number of carbonyl (C=O) groups excluding carboxylic acids is 1. The van der Waals surface area contributed by atoms with E-state index in [9.17, 15) is 4.79 Å². The summed E-state index contributed by atoms with van der Waals surface area (Å²) in [5.74, 6) is 1.09. The molecule has 1 aliphatic carbocycles. The summed E-state index contributed by atoms with van der Waals surface area (Å²) in [6.45, 7) is 3.74. The monoisotopic (exact) mass is 184 g/mol. The van der Waals surface area contributed by atoms with E-state index in [1.54, 1.807) is 14.0 Å². The molecule has 0 aliphatic heterocycles. The quantitative estimate of drug-likeness (QED) is 0.673. The average Bonchev–Trinajstić information content (AvgIpc) is 2.16. The van der Waals surface area contributed by atoms with Crippen molar-refractivity contribution in [1.82, 2.24) is 0 Å². The first-order valence-electron chi connectivity index (χ1n) is 5.18. The molecule has 2 nitrogen and oxygen atoms in total. The van der Waals surface area contributed by atoms with Gasteiger partial charge in [0, 0.05) is 13.0 Å². The lowest BCUT2D eigenvalue weighted by Crippen LogP contribution is -2.28. The topological polar surface area (TPSA) is 26.3 Å². The van der Waals surface area contributed by atoms with Crippen LogP contribution in [0.2, 0.25) is 0 Å². The molecule has 0 heterocycles. The van der Waals surface area contributed by atoms with Crippen LogP contribution in [0.4, 0.5) is 0 Å². The zero-order valence-electron chi connectivity index (χ0n) is 8.88. The highest BCUT2D eigenvalue weighted by Gasteiger charge is 2.27. The molecule has 1 fully saturated rings. The smallest absolute Gasteiger partial charge is 0.132 e. The van der Waals surface area contributed by atoms with Gasteiger partial charge in [-0.05, 0) is 32.1 Å². The molecule has 0 radical (unpaired) electrons. The van der Waals surface area contributed by atoms with Gasteiger partial charge in [0.15, 0.2) is 0 Å². The average molecular weight is 184 g/mol. The summed E-state index contributed by atoms with van der Waals surface area (Å²) in [5, 5.41) is 0. The molecule has 0 aromatic carbocycles. The van der Waals surface area contributed by atoms with Crippen LogP contribution in [-0.2, 0) is 9.53 Å². The number of carbonyl (C=O) groups is 1. The molecular formula is C11H20O2. The lowest BCUT2D eigenvalue weighted by Gasteiger charge is -2.31. The van der Waals surface area contributed by atoms with Gasteiger partial charge in [0.2, 0.25) is 0 Å². The number of Topliss-reactive ketones (excluding diaryl/α,β-unsaturated/α-hetero) is 1. The van der Waals surface area contributed by atoms with Crippen LogP contribution in [0.15, 0.2) is 0 Å². The third kappa shape index (κ3) is 2.80. The molecule has 1 saturated carbocycles. The zero-order valence-corrected chi connectivity index (χ0v) is 8.88. The Labute approximate surface area is 80.7 Å². The van der Waals surface area contributed by atoms with Crippen LogP contribution in [0, 0.1) is 11.8 Å². The molecule has 3 unspecified atom stereocenters. The molecule has 0 aromatic rings. The van der Waals surface area contributed by atoms with Gasteiger partial charge < -0.3 is 4.74 Å². The van der Waals surface area contributed by atoms with Crippen LogP contribution in [0.25, 0.3) is 0 Å². The fourth-order valence-electron chi connectivity index (χ4n) is 2.18. The van der Waals surface area contributed by atoms with E-state index in [-0.39, 0.29) is 5.92 Å². The SMILES string of the molecule is COC1CCCC(C(C)C(C)=O)C1. The van der Waals surface area contributed by atoms with Crippen LogP contribution >= 0.6 is 0 Å². The van der Waals surface area contributed by atoms with Crippen molar-refractivity contribution in [3.05, 3.63) is 0 Å². The molecular weight excluding hydrogens is 164 g/mol. The zero-order chi connectivity index (χ0) is 9.84. The second-order valence-electron chi connectivity index (χ2n) is 4.18. The summed E-state index contributed by atoms with van der Waals surface area (Å²) in [6, 6.07) is 0. The van der Waals surface area contributed by atoms with Gasteiger partial charge in [0.1, 0.15) is 5.78 Å². The van der Waals surface area contributed by atoms with Crippen LogP contribution in [0.5, 0.6) is 0 Å². The molecule has 2 heteroatoms. The number of ketones is 1. The van der Waals surface area contributed by atoms with Crippen molar-refractivity contribution < 1.29 is 9.53 Å². The van der Waals surface area contributed by atoms with Crippen molar-refractivity contribution in [2.45, 2.75) is 45.6 Å². The van der Waals surface area contributed by atoms with E-state index in [4.69, 9.17) is 4.74 Å². The third-order valence-electron chi connectivity index (χ3n) is 3.35. The standard InChI is InChI=1S/C11H20O2/c1-8(9(2)12)10-5-4-6-11(7-10)13-3/h8,10-11H,4-7H2,1-3H3. The molecule has 1 rings (SSSR count). The normalized spacial score (nSPS) is 31.3. The van der Waals surface area contributed by atoms with E-state index in [0.29, 0.717) is 17.8 Å². The van der Waals surface area contributed by atoms with E-state index in [0.717, 1.165) is 12.8 Å². The van der Waals surface area contributed by atoms with E-state index in [1.165, 1.54) is 12.8 Å². The Balaban J connectivity index is 2.46. The minimum atomic E-state index is 0.220. The predicted molar refractivity (Wildman–Crippen MR) is 52.6 cm³/mol. The van der Waals surface area contributed by atoms with Crippen LogP contribution in [0.3, 0.4) is 0 Å². The Morgan fingerprint density at radius 2 is 2.15 bits per heavy atom. The van der Waals surface area contributed by atoms with Crippen molar-refractivity contribution in [1.29, 1.82) is 0 Å². The summed E-state index contributed by atoms with van der Waals surface area (Å²) >= 11 is 0. The minimum absolute atomic E-state index is 0.220. The summed E-state index contributed by atoms with van der Waals surface area (Å²) in [7, 11) is 1.77. The maximum absolute atomic E-state index is 11.2. The summed E-state index contributed by atoms with van der Waals surface area (Å²) in [5.41, 5.74) is 0. The van der Waals surface area contributed by atoms with Gasteiger partial charge in [0.05, 0.1) is 6.10 Å². The highest BCUT2D eigenvalue weighted by molar-refractivity contribution is 5.78. The highest BCUT2D eigenvalue weighted by atomic mass is 16.5. The Morgan fingerprint density at radius 1 is 1.46 bits per heavy atom. The largest absolute Gasteiger partial charge is 0.381 e. The molecule has 76 valence electrons. The predicted octanol–water partition coefficient (Wildman–Crippen LogP) is 2.42. The van der Waals surface area contributed by atoms with Gasteiger partial charge in [-0.25, -0.2) is 0 Å². The third-order valence-corrected chi connectivity index (χ3v) is 3.35. The molecule has 0 amide bonds. The summed E-state index contributed by atoms with van der Waals surface area (Å²) < 4.78 is 5.34. The van der Waals surface area contributed by atoms with Gasteiger partial charge in [-0.3, -0.25) is 4.79 Å². The van der Waals surface area contributed by atoms with Crippen molar-refractivity contribution in [2.75, 3.05) is 7.11 Å². The first kappa shape index (κ1) is 10.7. The summed E-state index contributed by atoms with van der Waals surface area (Å²) in [4.78, 5) is 11.2. The van der Waals surface area contributed by atoms with Gasteiger partial charge in [-0.1, -0.05) is 13.3 Å². The number of ether oxygens (including phenoxy) is 1. The van der Waals surface area contributed by atoms with Crippen molar-refractivity contribution in [3.63, 3.8) is 0 Å². The van der Waals surface area contributed by atoms with Gasteiger partial charge in [0.25, 0.3) is 0 Å². The van der Waals surface area contributed by atoms with Crippen molar-refractivity contribution in [2.24, 2.45) is 11.8 Å². The maximum Gasteiger partial charge on any atom is 0.132 e. The number of hydrogen-bond donors (Lipinski definition) is 0. The second-order valence-corrected chi connectivity index (χ2v) is 4.18. The van der Waals surface area contributed by atoms with Crippen LogP contribution < -0.4 is 0 Å². The fraction of sp³-hybridized carbons (Fsp3) is 0.909. The first-order chi connectivity index (χ1) is 6.15. The van der Waals surface area contributed by atoms with Gasteiger partial charge >= 0.3 is 0 Å². The molecule has 1 aliphatic rings. The van der Waals surface area contributed by atoms with E-state index < -0.39 is 0 Å². The minimum Gasteiger partial charge on any atom is -0.381 e. The Kier molecular flexibility index (Phi) is 3.91. The van der Waals surface area contributed by atoms with Crippen LogP contribution in [0.1, 0.15) is 39.5 Å². The Hall–Kier alpha value is -0.370. The van der Waals surface area contributed by atoms with E-state index in [2.05, 4.69) is 0 Å². The molecule has 3 atom stereocenters. The maximum atomic E-state index is 11.2. The number of hydrogen-bond acceptors (Lipinski definition) is 2. The van der Waals surface area contributed by atoms with E-state index in [1.807, 2.05) is 6.92 Å². The molecule has 0 bridgehead atoms. The molecule has 0 N–H and O–H groups in total. The van der Waals surface area contributed by atoms with Gasteiger partial charge in [-0.2, -0.15) is 0 Å². The lowest BCUT2D eigenvalue weighted by molar-refractivity contribution is -0.122. The first-order valence-corrected chi connectivity index (χ1v) is 5.18. The van der Waals surface area contributed by atoms with Crippen LogP contribution in [-0.4, -0.2) is 19.0 Å². The van der Waals surface area contributed by atoms with Gasteiger partial charge in [-0.15, -0.1) is 0 Å². The van der Waals surface area contributed by atoms with Crippen molar-refractivity contribution >= 4 is 5.78 Å². The number of rotatable bonds is 3. The van der Waals surface area contributed by atoms with Crippen molar-refractivity contribution in [3.8, 4) is 0 Å². The second kappa shape index (κ2) is 4.75. The number of methoxy groups -OCH3 is 1. The highest BCUT2D eigenvalue weighted by Crippen LogP contribution is 2.31. The summed E-state index contributed by atoms with van der Waals surface area (Å²) in [6.07, 6.45) is 5.02. The van der Waals surface area contributed by atoms with E-state index >= 15 is 0 Å². The Bertz CT molecular complexity index is 177. The Morgan fingerprint density at radius 3 is 2.69 bits per heavy atom. The lowest BCUT2D eigenvalue weighted by atomic mass is 9.78. The molecule has 13 heavy (non-hydrogen) atoms. The fourth-order valence-corrected chi connectivity index (χ4v) is 2.18.